The Balaban J connectivity index is 1.95. The van der Waals surface area contributed by atoms with Gasteiger partial charge in [0, 0.05) is 30.2 Å². The van der Waals surface area contributed by atoms with Crippen molar-refractivity contribution in [3.05, 3.63) is 30.0 Å². The van der Waals surface area contributed by atoms with E-state index in [1.807, 2.05) is 18.2 Å². The fraction of sp³-hybridized carbons (Fsp3) is 0.312. The Morgan fingerprint density at radius 2 is 2.26 bits per heavy atom. The van der Waals surface area contributed by atoms with Crippen LogP contribution in [-0.4, -0.2) is 35.4 Å². The van der Waals surface area contributed by atoms with Gasteiger partial charge in [-0.2, -0.15) is 0 Å². The van der Waals surface area contributed by atoms with Crippen molar-refractivity contribution in [1.29, 1.82) is 0 Å². The Morgan fingerprint density at radius 1 is 1.48 bits per heavy atom. The topological polar surface area (TPSA) is 112 Å². The number of nitrogen functional groups attached to an aromatic ring is 1. The number of ether oxygens (including phenoxy) is 1. The zero-order valence-electron chi connectivity index (χ0n) is 12.8. The number of primary amides is 1. The van der Waals surface area contributed by atoms with Gasteiger partial charge in [0.1, 0.15) is 17.5 Å². The molecule has 0 bridgehead atoms. The minimum Gasteiger partial charge on any atom is -0.496 e. The Kier molecular flexibility index (Phi) is 3.77. The summed E-state index contributed by atoms with van der Waals surface area (Å²) in [5, 5.41) is 1.72. The van der Waals surface area contributed by atoms with E-state index >= 15 is 0 Å². The lowest BCUT2D eigenvalue weighted by atomic mass is 10.1. The Labute approximate surface area is 133 Å². The van der Waals surface area contributed by atoms with Gasteiger partial charge in [0.25, 0.3) is 0 Å². The molecule has 0 aliphatic carbocycles. The number of anilines is 1. The van der Waals surface area contributed by atoms with Crippen LogP contribution in [0.5, 0.6) is 5.75 Å². The van der Waals surface area contributed by atoms with Gasteiger partial charge in [0.2, 0.25) is 11.8 Å². The number of hydrogen-bond acceptors (Lipinski definition) is 5. The van der Waals surface area contributed by atoms with Crippen LogP contribution in [0.2, 0.25) is 0 Å². The molecule has 0 spiro atoms. The molecule has 1 aliphatic heterocycles. The number of carbonyl (C=O) groups is 2. The smallest absolute Gasteiger partial charge is 0.235 e. The second-order valence-electron chi connectivity index (χ2n) is 5.58. The third-order valence-electron chi connectivity index (χ3n) is 4.20. The molecular weight excluding hydrogens is 296 g/mol. The molecule has 1 saturated heterocycles. The van der Waals surface area contributed by atoms with Crippen molar-refractivity contribution in [3.63, 3.8) is 0 Å². The zero-order valence-corrected chi connectivity index (χ0v) is 12.8. The van der Waals surface area contributed by atoms with Crippen molar-refractivity contribution in [3.8, 4) is 5.75 Å². The monoisotopic (exact) mass is 314 g/mol. The van der Waals surface area contributed by atoms with Gasteiger partial charge in [-0.25, -0.2) is 4.98 Å². The van der Waals surface area contributed by atoms with Crippen LogP contribution in [0.4, 0.5) is 5.82 Å². The van der Waals surface area contributed by atoms with Gasteiger partial charge in [-0.05, 0) is 30.0 Å². The van der Waals surface area contributed by atoms with Crippen molar-refractivity contribution in [1.82, 2.24) is 9.88 Å². The van der Waals surface area contributed by atoms with Crippen molar-refractivity contribution < 1.29 is 14.3 Å². The van der Waals surface area contributed by atoms with Gasteiger partial charge in [0.15, 0.2) is 0 Å². The molecule has 1 fully saturated rings. The molecule has 7 heteroatoms. The molecule has 1 atom stereocenters. The number of rotatable bonds is 4. The first-order valence-corrected chi connectivity index (χ1v) is 7.30. The first-order chi connectivity index (χ1) is 11.0. The number of nitrogens with two attached hydrogens (primary N) is 2. The summed E-state index contributed by atoms with van der Waals surface area (Å²) in [5.41, 5.74) is 12.0. The van der Waals surface area contributed by atoms with Crippen LogP contribution >= 0.6 is 0 Å². The van der Waals surface area contributed by atoms with E-state index in [-0.39, 0.29) is 5.91 Å². The summed E-state index contributed by atoms with van der Waals surface area (Å²) < 4.78 is 5.42. The summed E-state index contributed by atoms with van der Waals surface area (Å²) in [5.74, 6) is -0.448. The molecule has 2 heterocycles. The largest absolute Gasteiger partial charge is 0.496 e. The zero-order chi connectivity index (χ0) is 16.6. The number of likely N-dealkylation sites (tertiary alicyclic amines) is 1. The number of carbonyl (C=O) groups excluding carboxylic acids is 2. The predicted molar refractivity (Wildman–Crippen MR) is 85.4 cm³/mol. The normalized spacial score (nSPS) is 17.7. The summed E-state index contributed by atoms with van der Waals surface area (Å²) >= 11 is 0. The summed E-state index contributed by atoms with van der Waals surface area (Å²) in [6.45, 7) is 0.839. The molecule has 1 aliphatic rings. The third kappa shape index (κ3) is 2.65. The number of hydrogen-bond donors (Lipinski definition) is 2. The molecule has 3 rings (SSSR count). The molecule has 1 aromatic carbocycles. The van der Waals surface area contributed by atoms with E-state index in [1.165, 1.54) is 0 Å². The van der Waals surface area contributed by atoms with E-state index in [9.17, 15) is 9.59 Å². The molecule has 0 saturated carbocycles. The van der Waals surface area contributed by atoms with Crippen molar-refractivity contribution >= 4 is 28.4 Å². The van der Waals surface area contributed by atoms with E-state index in [2.05, 4.69) is 4.98 Å². The van der Waals surface area contributed by atoms with Crippen LogP contribution in [-0.2, 0) is 16.1 Å². The number of pyridine rings is 1. The van der Waals surface area contributed by atoms with E-state index < -0.39 is 11.8 Å². The van der Waals surface area contributed by atoms with Crippen LogP contribution in [0.1, 0.15) is 12.0 Å². The number of fused-ring (bicyclic) bond motifs is 1. The van der Waals surface area contributed by atoms with Gasteiger partial charge >= 0.3 is 0 Å². The minimum absolute atomic E-state index is 0.237. The molecule has 120 valence electrons. The summed E-state index contributed by atoms with van der Waals surface area (Å²) in [7, 11) is 1.58. The van der Waals surface area contributed by atoms with Crippen LogP contribution in [0.3, 0.4) is 0 Å². The van der Waals surface area contributed by atoms with E-state index in [4.69, 9.17) is 16.2 Å². The summed E-state index contributed by atoms with van der Waals surface area (Å²) in [6, 6.07) is 5.60. The molecule has 23 heavy (non-hydrogen) atoms. The van der Waals surface area contributed by atoms with Gasteiger partial charge in [-0.3, -0.25) is 9.59 Å². The quantitative estimate of drug-likeness (QED) is 0.805. The SMILES string of the molecule is COc1cc2ccnc(N)c2cc1CN1CC[C@@H](C(N)=O)C1=O. The van der Waals surface area contributed by atoms with Crippen molar-refractivity contribution in [2.45, 2.75) is 13.0 Å². The van der Waals surface area contributed by atoms with Crippen LogP contribution in [0.15, 0.2) is 24.4 Å². The highest BCUT2D eigenvalue weighted by molar-refractivity contribution is 6.01. The minimum atomic E-state index is -0.729. The van der Waals surface area contributed by atoms with Gasteiger partial charge in [0.05, 0.1) is 7.11 Å². The van der Waals surface area contributed by atoms with Gasteiger partial charge in [-0.15, -0.1) is 0 Å². The van der Waals surface area contributed by atoms with E-state index in [0.717, 1.165) is 16.3 Å². The highest BCUT2D eigenvalue weighted by atomic mass is 16.5. The Bertz CT molecular complexity index is 790. The van der Waals surface area contributed by atoms with E-state index in [1.54, 1.807) is 18.2 Å². The van der Waals surface area contributed by atoms with Crippen LogP contribution < -0.4 is 16.2 Å². The molecule has 4 N–H and O–H groups in total. The number of amides is 2. The highest BCUT2D eigenvalue weighted by Crippen LogP contribution is 2.30. The van der Waals surface area contributed by atoms with Gasteiger partial charge < -0.3 is 21.1 Å². The summed E-state index contributed by atoms with van der Waals surface area (Å²) in [6.07, 6.45) is 2.09. The Morgan fingerprint density at radius 3 is 2.91 bits per heavy atom. The fourth-order valence-electron chi connectivity index (χ4n) is 2.95. The first-order valence-electron chi connectivity index (χ1n) is 7.30. The first kappa shape index (κ1) is 15.1. The highest BCUT2D eigenvalue weighted by Gasteiger charge is 2.35. The average Bonchev–Trinajstić information content (AvgIpc) is 2.89. The maximum atomic E-state index is 12.2. The van der Waals surface area contributed by atoms with Crippen molar-refractivity contribution in [2.24, 2.45) is 11.7 Å². The molecular formula is C16H18N4O3. The number of benzene rings is 1. The maximum Gasteiger partial charge on any atom is 0.235 e. The molecule has 0 unspecified atom stereocenters. The number of methoxy groups -OCH3 is 1. The number of aromatic nitrogens is 1. The molecule has 0 radical (unpaired) electrons. The molecule has 2 aromatic rings. The lowest BCUT2D eigenvalue weighted by Gasteiger charge is -2.19. The second kappa shape index (κ2) is 5.75. The second-order valence-corrected chi connectivity index (χ2v) is 5.58. The molecule has 1 aromatic heterocycles. The molecule has 2 amide bonds. The number of nitrogens with zero attached hydrogens (tertiary/aromatic N) is 2. The lowest BCUT2D eigenvalue weighted by molar-refractivity contribution is -0.136. The third-order valence-corrected chi connectivity index (χ3v) is 4.20. The van der Waals surface area contributed by atoms with Crippen LogP contribution in [0.25, 0.3) is 10.8 Å². The average molecular weight is 314 g/mol. The fourth-order valence-corrected chi connectivity index (χ4v) is 2.95. The predicted octanol–water partition coefficient (Wildman–Crippen LogP) is 0.659. The van der Waals surface area contributed by atoms with Crippen molar-refractivity contribution in [2.75, 3.05) is 19.4 Å². The van der Waals surface area contributed by atoms with Gasteiger partial charge in [-0.1, -0.05) is 0 Å². The van der Waals surface area contributed by atoms with E-state index in [0.29, 0.717) is 31.1 Å². The standard InChI is InChI=1S/C16H18N4O3/c1-23-13-7-9-2-4-19-14(17)12(9)6-10(13)8-20-5-3-11(15(18)21)16(20)22/h2,4,6-7,11H,3,5,8H2,1H3,(H2,17,19)(H2,18,21)/t11-/m0/s1. The molecule has 7 nitrogen and oxygen atoms in total. The lowest BCUT2D eigenvalue weighted by Crippen LogP contribution is -2.33. The summed E-state index contributed by atoms with van der Waals surface area (Å²) in [4.78, 5) is 29.2. The Hall–Kier alpha value is -2.83. The van der Waals surface area contributed by atoms with Crippen LogP contribution in [0, 0.1) is 5.92 Å². The maximum absolute atomic E-state index is 12.2.